The van der Waals surface area contributed by atoms with Crippen molar-refractivity contribution < 1.29 is 17.9 Å². The van der Waals surface area contributed by atoms with E-state index in [1.54, 1.807) is 0 Å². The minimum absolute atomic E-state index is 0.0466. The zero-order valence-corrected chi connectivity index (χ0v) is 17.8. The SMILES string of the molecule is O=C(CCl)N=C1S[C@H]2CS(=O)(=O)C[C@H]2N1c1ccc(OCc2ccccc2)cc1. The molecule has 152 valence electrons. The Hall–Kier alpha value is -2.03. The molecule has 29 heavy (non-hydrogen) atoms. The molecule has 2 fully saturated rings. The first-order valence-electron chi connectivity index (χ1n) is 9.06. The van der Waals surface area contributed by atoms with Crippen LogP contribution < -0.4 is 9.64 Å². The number of sulfone groups is 1. The van der Waals surface area contributed by atoms with Gasteiger partial charge in [0.2, 0.25) is 0 Å². The number of amides is 1. The summed E-state index contributed by atoms with van der Waals surface area (Å²) in [6, 6.07) is 17.0. The van der Waals surface area contributed by atoms with Gasteiger partial charge in [0.15, 0.2) is 15.0 Å². The van der Waals surface area contributed by atoms with Gasteiger partial charge in [-0.2, -0.15) is 4.99 Å². The van der Waals surface area contributed by atoms with Crippen LogP contribution in [-0.4, -0.2) is 48.2 Å². The smallest absolute Gasteiger partial charge is 0.262 e. The molecule has 2 saturated heterocycles. The van der Waals surface area contributed by atoms with Crippen molar-refractivity contribution in [3.8, 4) is 5.75 Å². The van der Waals surface area contributed by atoms with E-state index in [1.807, 2.05) is 59.5 Å². The minimum atomic E-state index is -3.10. The van der Waals surface area contributed by atoms with Crippen molar-refractivity contribution in [2.45, 2.75) is 17.9 Å². The van der Waals surface area contributed by atoms with Crippen molar-refractivity contribution in [3.05, 3.63) is 60.2 Å². The third-order valence-corrected chi connectivity index (χ3v) is 8.20. The standard InChI is InChI=1S/C20H19ClN2O4S2/c21-10-19(24)22-20-23(17-12-29(25,26)13-18(17)28-20)15-6-8-16(9-7-15)27-11-14-4-2-1-3-5-14/h1-9,17-18H,10-13H2/t17-,18+/m1/s1. The fourth-order valence-electron chi connectivity index (χ4n) is 3.45. The molecule has 6 nitrogen and oxygen atoms in total. The van der Waals surface area contributed by atoms with Crippen LogP contribution in [0.4, 0.5) is 5.69 Å². The maximum atomic E-state index is 12.1. The van der Waals surface area contributed by atoms with Crippen molar-refractivity contribution >= 4 is 50.0 Å². The van der Waals surface area contributed by atoms with Gasteiger partial charge in [-0.3, -0.25) is 4.79 Å². The monoisotopic (exact) mass is 450 g/mol. The number of amidine groups is 1. The highest BCUT2D eigenvalue weighted by molar-refractivity contribution is 8.16. The summed E-state index contributed by atoms with van der Waals surface area (Å²) in [5, 5.41) is 0.356. The van der Waals surface area contributed by atoms with E-state index >= 15 is 0 Å². The molecule has 4 rings (SSSR count). The summed E-state index contributed by atoms with van der Waals surface area (Å²) < 4.78 is 30.0. The number of halogens is 1. The molecular weight excluding hydrogens is 432 g/mol. The first-order valence-corrected chi connectivity index (χ1v) is 12.3. The van der Waals surface area contributed by atoms with Gasteiger partial charge in [-0.05, 0) is 29.8 Å². The first-order chi connectivity index (χ1) is 13.9. The molecule has 0 aromatic heterocycles. The van der Waals surface area contributed by atoms with Crippen molar-refractivity contribution in [1.29, 1.82) is 0 Å². The van der Waals surface area contributed by atoms with Gasteiger partial charge in [-0.25, -0.2) is 8.42 Å². The Labute approximate surface area is 178 Å². The zero-order valence-electron chi connectivity index (χ0n) is 15.4. The molecule has 0 N–H and O–H groups in total. The van der Waals surface area contributed by atoms with Crippen LogP contribution >= 0.6 is 23.4 Å². The van der Waals surface area contributed by atoms with Gasteiger partial charge in [0.1, 0.15) is 18.2 Å². The van der Waals surface area contributed by atoms with E-state index in [1.165, 1.54) is 11.8 Å². The minimum Gasteiger partial charge on any atom is -0.489 e. The lowest BCUT2D eigenvalue weighted by Gasteiger charge is -2.24. The second-order valence-electron chi connectivity index (χ2n) is 6.86. The van der Waals surface area contributed by atoms with E-state index in [2.05, 4.69) is 4.99 Å². The highest BCUT2D eigenvalue weighted by Gasteiger charge is 2.49. The number of nitrogens with zero attached hydrogens (tertiary/aromatic N) is 2. The quantitative estimate of drug-likeness (QED) is 0.651. The summed E-state index contributed by atoms with van der Waals surface area (Å²) in [5.41, 5.74) is 1.84. The van der Waals surface area contributed by atoms with Gasteiger partial charge in [0.05, 0.1) is 17.5 Å². The lowest BCUT2D eigenvalue weighted by atomic mass is 10.2. The molecule has 0 saturated carbocycles. The average molecular weight is 451 g/mol. The third kappa shape index (κ3) is 4.60. The fraction of sp³-hybridized carbons (Fsp3) is 0.300. The number of hydrogen-bond donors (Lipinski definition) is 0. The lowest BCUT2D eigenvalue weighted by Crippen LogP contribution is -2.37. The van der Waals surface area contributed by atoms with Gasteiger partial charge in [0.25, 0.3) is 5.91 Å². The number of fused-ring (bicyclic) bond motifs is 1. The van der Waals surface area contributed by atoms with Gasteiger partial charge in [-0.15, -0.1) is 11.6 Å². The second kappa shape index (κ2) is 8.38. The number of alkyl halides is 1. The van der Waals surface area contributed by atoms with Crippen molar-refractivity contribution in [2.75, 3.05) is 22.3 Å². The van der Waals surface area contributed by atoms with Crippen molar-refractivity contribution in [3.63, 3.8) is 0 Å². The van der Waals surface area contributed by atoms with Crippen molar-refractivity contribution in [2.24, 2.45) is 4.99 Å². The van der Waals surface area contributed by atoms with Crippen LogP contribution in [0.15, 0.2) is 59.6 Å². The Morgan fingerprint density at radius 2 is 1.86 bits per heavy atom. The van der Waals surface area contributed by atoms with E-state index < -0.39 is 15.7 Å². The van der Waals surface area contributed by atoms with Gasteiger partial charge in [-0.1, -0.05) is 42.1 Å². The molecule has 0 aliphatic carbocycles. The summed E-state index contributed by atoms with van der Waals surface area (Å²) in [4.78, 5) is 17.7. The number of ether oxygens (including phenoxy) is 1. The summed E-state index contributed by atoms with van der Waals surface area (Å²) in [6.07, 6.45) is 0. The number of anilines is 1. The fourth-order valence-corrected chi connectivity index (χ4v) is 7.44. The molecule has 0 radical (unpaired) electrons. The third-order valence-electron chi connectivity index (χ3n) is 4.76. The molecule has 1 amide bonds. The Morgan fingerprint density at radius 3 is 2.55 bits per heavy atom. The first kappa shape index (κ1) is 20.3. The number of carbonyl (C=O) groups excluding carboxylic acids is 1. The highest BCUT2D eigenvalue weighted by Crippen LogP contribution is 2.41. The molecule has 0 bridgehead atoms. The number of benzene rings is 2. The Morgan fingerprint density at radius 1 is 1.14 bits per heavy atom. The van der Waals surface area contributed by atoms with E-state index in [9.17, 15) is 13.2 Å². The van der Waals surface area contributed by atoms with E-state index in [0.717, 1.165) is 11.3 Å². The topological polar surface area (TPSA) is 76.0 Å². The van der Waals surface area contributed by atoms with Crippen LogP contribution in [-0.2, 0) is 21.2 Å². The summed E-state index contributed by atoms with van der Waals surface area (Å²) in [6.45, 7) is 0.458. The van der Waals surface area contributed by atoms with Gasteiger partial charge < -0.3 is 9.64 Å². The Kier molecular flexibility index (Phi) is 5.85. The average Bonchev–Trinajstić information content (AvgIpc) is 3.18. The number of rotatable bonds is 5. The van der Waals surface area contributed by atoms with Crippen LogP contribution in [0.2, 0.25) is 0 Å². The molecular formula is C20H19ClN2O4S2. The van der Waals surface area contributed by atoms with Crippen LogP contribution in [0.1, 0.15) is 5.56 Å². The van der Waals surface area contributed by atoms with Crippen LogP contribution in [0.3, 0.4) is 0 Å². The largest absolute Gasteiger partial charge is 0.489 e. The Bertz CT molecular complexity index is 1030. The molecule has 9 heteroatoms. The van der Waals surface area contributed by atoms with E-state index in [0.29, 0.717) is 17.5 Å². The normalized spacial score (nSPS) is 23.9. The van der Waals surface area contributed by atoms with E-state index in [-0.39, 0.29) is 28.7 Å². The number of hydrogen-bond acceptors (Lipinski definition) is 5. The van der Waals surface area contributed by atoms with Gasteiger partial charge in [0, 0.05) is 10.9 Å². The number of aliphatic imine (C=N–C) groups is 1. The number of carbonyl (C=O) groups is 1. The molecule has 2 atom stereocenters. The zero-order chi connectivity index (χ0) is 20.4. The predicted octanol–water partition coefficient (Wildman–Crippen LogP) is 3.11. The van der Waals surface area contributed by atoms with Crippen LogP contribution in [0, 0.1) is 0 Å². The molecule has 2 aliphatic rings. The molecule has 2 heterocycles. The molecule has 0 spiro atoms. The summed E-state index contributed by atoms with van der Waals surface area (Å²) in [7, 11) is -3.10. The van der Waals surface area contributed by atoms with Crippen molar-refractivity contribution in [1.82, 2.24) is 0 Å². The summed E-state index contributed by atoms with van der Waals surface area (Å²) >= 11 is 6.93. The lowest BCUT2D eigenvalue weighted by molar-refractivity contribution is -0.115. The Balaban J connectivity index is 1.55. The van der Waals surface area contributed by atoms with Gasteiger partial charge >= 0.3 is 0 Å². The van der Waals surface area contributed by atoms with Crippen LogP contribution in [0.5, 0.6) is 5.75 Å². The molecule has 2 aromatic rings. The molecule has 0 unspecified atom stereocenters. The molecule has 2 aliphatic heterocycles. The maximum absolute atomic E-state index is 12.1. The highest BCUT2D eigenvalue weighted by atomic mass is 35.5. The predicted molar refractivity (Wildman–Crippen MR) is 117 cm³/mol. The second-order valence-corrected chi connectivity index (χ2v) is 10.5. The maximum Gasteiger partial charge on any atom is 0.262 e. The van der Waals surface area contributed by atoms with Crippen LogP contribution in [0.25, 0.3) is 0 Å². The molecule has 2 aromatic carbocycles. The summed E-state index contributed by atoms with van der Waals surface area (Å²) in [5.74, 6) is 0.189. The number of thioether (sulfide) groups is 1. The van der Waals surface area contributed by atoms with E-state index in [4.69, 9.17) is 16.3 Å².